The Labute approximate surface area is 166 Å². The topological polar surface area (TPSA) is 71.9 Å². The molecule has 2 saturated heterocycles. The number of aromatic nitrogens is 1. The molecule has 0 radical (unpaired) electrons. The number of halogens is 3. The van der Waals surface area contributed by atoms with E-state index in [2.05, 4.69) is 22.2 Å². The monoisotopic (exact) mass is 424 g/mol. The van der Waals surface area contributed by atoms with Crippen LogP contribution in [0.5, 0.6) is 0 Å². The van der Waals surface area contributed by atoms with Crippen molar-refractivity contribution in [2.24, 2.45) is 11.3 Å². The molecule has 0 aromatic carbocycles. The van der Waals surface area contributed by atoms with Crippen LogP contribution in [0.4, 0.5) is 13.2 Å². The van der Waals surface area contributed by atoms with Crippen LogP contribution in [-0.2, 0) is 20.8 Å². The Kier molecular flexibility index (Phi) is 8.23. The van der Waals surface area contributed by atoms with Gasteiger partial charge in [0, 0.05) is 30.7 Å². The van der Waals surface area contributed by atoms with Gasteiger partial charge in [0.2, 0.25) is 0 Å². The first-order valence-electron chi connectivity index (χ1n) is 9.16. The molecular formula is C18H27F3N2O4S. The van der Waals surface area contributed by atoms with E-state index in [0.29, 0.717) is 11.3 Å². The lowest BCUT2D eigenvalue weighted by Crippen LogP contribution is -2.49. The van der Waals surface area contributed by atoms with Crippen LogP contribution in [0.3, 0.4) is 0 Å². The van der Waals surface area contributed by atoms with E-state index < -0.39 is 12.1 Å². The van der Waals surface area contributed by atoms with Crippen LogP contribution in [-0.4, -0.2) is 67.2 Å². The summed E-state index contributed by atoms with van der Waals surface area (Å²) in [5.74, 6) is -2.19. The van der Waals surface area contributed by atoms with E-state index in [9.17, 15) is 13.2 Å². The van der Waals surface area contributed by atoms with Gasteiger partial charge in [-0.3, -0.25) is 4.90 Å². The molecule has 3 rings (SSSR count). The molecule has 160 valence electrons. The lowest BCUT2D eigenvalue weighted by atomic mass is 9.66. The molecule has 1 aromatic rings. The summed E-state index contributed by atoms with van der Waals surface area (Å²) < 4.78 is 42.9. The highest BCUT2D eigenvalue weighted by Gasteiger charge is 2.43. The van der Waals surface area contributed by atoms with Crippen molar-refractivity contribution in [3.8, 4) is 0 Å². The molecule has 0 aliphatic carbocycles. The first kappa shape index (κ1) is 23.1. The Hall–Kier alpha value is -1.23. The first-order chi connectivity index (χ1) is 13.2. The van der Waals surface area contributed by atoms with E-state index in [4.69, 9.17) is 19.4 Å². The number of methoxy groups -OCH3 is 1. The molecule has 2 aliphatic heterocycles. The number of nitrogens with zero attached hydrogens (tertiary/aromatic N) is 2. The van der Waals surface area contributed by atoms with Gasteiger partial charge < -0.3 is 14.6 Å². The van der Waals surface area contributed by atoms with Gasteiger partial charge in [0.1, 0.15) is 5.01 Å². The third-order valence-corrected chi connectivity index (χ3v) is 6.37. The molecule has 0 saturated carbocycles. The molecule has 0 amide bonds. The lowest BCUT2D eigenvalue weighted by molar-refractivity contribution is -0.192. The van der Waals surface area contributed by atoms with Crippen LogP contribution in [0.1, 0.15) is 30.0 Å². The van der Waals surface area contributed by atoms with Crippen molar-refractivity contribution < 1.29 is 32.5 Å². The highest BCUT2D eigenvalue weighted by Crippen LogP contribution is 2.45. The number of carboxylic acid groups (broad SMARTS) is 1. The van der Waals surface area contributed by atoms with E-state index in [0.717, 1.165) is 32.1 Å². The minimum atomic E-state index is -5.08. The molecule has 10 heteroatoms. The molecule has 1 atom stereocenters. The van der Waals surface area contributed by atoms with Crippen LogP contribution in [0, 0.1) is 18.3 Å². The molecule has 28 heavy (non-hydrogen) atoms. The van der Waals surface area contributed by atoms with Gasteiger partial charge >= 0.3 is 12.1 Å². The Balaban J connectivity index is 0.000000345. The van der Waals surface area contributed by atoms with Gasteiger partial charge in [0.15, 0.2) is 0 Å². The van der Waals surface area contributed by atoms with E-state index >= 15 is 0 Å². The predicted octanol–water partition coefficient (Wildman–Crippen LogP) is 3.35. The molecule has 3 heterocycles. The molecule has 2 fully saturated rings. The number of carbonyl (C=O) groups is 1. The van der Waals surface area contributed by atoms with Gasteiger partial charge in [-0.05, 0) is 44.7 Å². The summed E-state index contributed by atoms with van der Waals surface area (Å²) in [6.07, 6.45) is -1.34. The van der Waals surface area contributed by atoms with Gasteiger partial charge in [-0.25, -0.2) is 9.78 Å². The van der Waals surface area contributed by atoms with Gasteiger partial charge in [0.25, 0.3) is 0 Å². The van der Waals surface area contributed by atoms with Crippen molar-refractivity contribution in [3.63, 3.8) is 0 Å². The highest BCUT2D eigenvalue weighted by molar-refractivity contribution is 7.09. The number of ether oxygens (including phenoxy) is 2. The summed E-state index contributed by atoms with van der Waals surface area (Å²) in [7, 11) is 1.81. The van der Waals surface area contributed by atoms with Gasteiger partial charge in [-0.15, -0.1) is 11.3 Å². The molecule has 1 N–H and O–H groups in total. The van der Waals surface area contributed by atoms with Crippen molar-refractivity contribution in [2.45, 2.75) is 38.9 Å². The van der Waals surface area contributed by atoms with Crippen molar-refractivity contribution in [1.82, 2.24) is 9.88 Å². The zero-order chi connectivity index (χ0) is 20.8. The summed E-state index contributed by atoms with van der Waals surface area (Å²) in [6, 6.07) is 0. The fourth-order valence-electron chi connectivity index (χ4n) is 3.79. The van der Waals surface area contributed by atoms with Crippen molar-refractivity contribution in [3.05, 3.63) is 16.1 Å². The summed E-state index contributed by atoms with van der Waals surface area (Å²) in [5, 5.41) is 10.5. The fourth-order valence-corrected chi connectivity index (χ4v) is 4.60. The SMILES string of the molecule is COCC1COCCC12CCN(Cc1nc(C)cs1)CC2.O=C(O)C(F)(F)F. The molecule has 1 spiro atoms. The molecule has 6 nitrogen and oxygen atoms in total. The fraction of sp³-hybridized carbons (Fsp3) is 0.778. The van der Waals surface area contributed by atoms with Crippen LogP contribution < -0.4 is 0 Å². The molecule has 0 bridgehead atoms. The molecular weight excluding hydrogens is 397 g/mol. The van der Waals surface area contributed by atoms with Crippen LogP contribution in [0.15, 0.2) is 5.38 Å². The Morgan fingerprint density at radius 1 is 1.43 bits per heavy atom. The lowest BCUT2D eigenvalue weighted by Gasteiger charge is -2.48. The summed E-state index contributed by atoms with van der Waals surface area (Å²) in [5.41, 5.74) is 1.59. The van der Waals surface area contributed by atoms with Gasteiger partial charge in [-0.1, -0.05) is 0 Å². The summed E-state index contributed by atoms with van der Waals surface area (Å²) in [6.45, 7) is 8.08. The maximum Gasteiger partial charge on any atom is 0.490 e. The predicted molar refractivity (Wildman–Crippen MR) is 98.3 cm³/mol. The number of aryl methyl sites for hydroxylation is 1. The number of rotatable bonds is 4. The number of hydrogen-bond acceptors (Lipinski definition) is 6. The van der Waals surface area contributed by atoms with Crippen LogP contribution >= 0.6 is 11.3 Å². The third kappa shape index (κ3) is 6.40. The zero-order valence-corrected chi connectivity index (χ0v) is 16.9. The third-order valence-electron chi connectivity index (χ3n) is 5.42. The van der Waals surface area contributed by atoms with Gasteiger partial charge in [-0.2, -0.15) is 13.2 Å². The number of hydrogen-bond donors (Lipinski definition) is 1. The number of carboxylic acids is 1. The first-order valence-corrected chi connectivity index (χ1v) is 10.0. The van der Waals surface area contributed by atoms with Gasteiger partial charge in [0.05, 0.1) is 19.8 Å². The maximum absolute atomic E-state index is 10.6. The van der Waals surface area contributed by atoms with E-state index in [1.54, 1.807) is 11.3 Å². The number of alkyl halides is 3. The second-order valence-electron chi connectivity index (χ2n) is 7.30. The Bertz CT molecular complexity index is 629. The molecule has 2 aliphatic rings. The minimum Gasteiger partial charge on any atom is -0.475 e. The highest BCUT2D eigenvalue weighted by atomic mass is 32.1. The average molecular weight is 424 g/mol. The molecule has 1 aromatic heterocycles. The van der Waals surface area contributed by atoms with Crippen molar-refractivity contribution in [1.29, 1.82) is 0 Å². The maximum atomic E-state index is 10.6. The summed E-state index contributed by atoms with van der Waals surface area (Å²) >= 11 is 1.79. The number of piperidine rings is 1. The zero-order valence-electron chi connectivity index (χ0n) is 16.1. The summed E-state index contributed by atoms with van der Waals surface area (Å²) in [4.78, 5) is 16.0. The second-order valence-corrected chi connectivity index (χ2v) is 8.24. The number of thiazole rings is 1. The quantitative estimate of drug-likeness (QED) is 0.799. The van der Waals surface area contributed by atoms with E-state index in [1.165, 1.54) is 37.4 Å². The van der Waals surface area contributed by atoms with Crippen LogP contribution in [0.25, 0.3) is 0 Å². The van der Waals surface area contributed by atoms with Crippen molar-refractivity contribution in [2.75, 3.05) is 40.0 Å². The van der Waals surface area contributed by atoms with Crippen molar-refractivity contribution >= 4 is 17.3 Å². The molecule has 1 unspecified atom stereocenters. The second kappa shape index (κ2) is 10.00. The smallest absolute Gasteiger partial charge is 0.475 e. The standard InChI is InChI=1S/C16H26N2O2S.C2HF3O2/c1-13-12-21-15(17-13)9-18-6-3-16(4-7-18)5-8-20-11-14(16)10-19-2;3-2(4,5)1(6)7/h12,14H,3-11H2,1-2H3;(H,6,7). The number of likely N-dealkylation sites (tertiary alicyclic amines) is 1. The minimum absolute atomic E-state index is 0.448. The largest absolute Gasteiger partial charge is 0.490 e. The van der Waals surface area contributed by atoms with E-state index in [-0.39, 0.29) is 0 Å². The number of aliphatic carboxylic acids is 1. The average Bonchev–Trinajstić information content (AvgIpc) is 3.04. The Morgan fingerprint density at radius 3 is 2.57 bits per heavy atom. The van der Waals surface area contributed by atoms with Crippen LogP contribution in [0.2, 0.25) is 0 Å². The van der Waals surface area contributed by atoms with E-state index in [1.807, 2.05) is 7.11 Å². The Morgan fingerprint density at radius 2 is 2.07 bits per heavy atom. The normalized spacial score (nSPS) is 22.5.